The van der Waals surface area contributed by atoms with Crippen LogP contribution in [-0.2, 0) is 6.42 Å². The van der Waals surface area contributed by atoms with Crippen molar-refractivity contribution >= 4 is 17.5 Å². The van der Waals surface area contributed by atoms with Crippen molar-refractivity contribution in [1.82, 2.24) is 0 Å². The van der Waals surface area contributed by atoms with E-state index in [4.69, 9.17) is 4.99 Å². The largest absolute Gasteiger partial charge is 0.274 e. The molecule has 0 saturated heterocycles. The molecule has 2 unspecified atom stereocenters. The number of nitrogens with zero attached hydrogens (tertiary/aromatic N) is 1. The molecule has 2 aliphatic rings. The molecule has 0 fully saturated rings. The van der Waals surface area contributed by atoms with E-state index in [0.717, 1.165) is 0 Å². The second-order valence-electron chi connectivity index (χ2n) is 4.54. The summed E-state index contributed by atoms with van der Waals surface area (Å²) in [7, 11) is 0. The van der Waals surface area contributed by atoms with Gasteiger partial charge < -0.3 is 0 Å². The van der Waals surface area contributed by atoms with Gasteiger partial charge in [0.25, 0.3) is 0 Å². The molecule has 0 saturated carbocycles. The fraction of sp³-hybridized carbons (Fsp3) is 0.462. The topological polar surface area (TPSA) is 12.4 Å². The van der Waals surface area contributed by atoms with E-state index in [0.29, 0.717) is 10.6 Å². The predicted octanol–water partition coefficient (Wildman–Crippen LogP) is 3.11. The third kappa shape index (κ3) is 1.35. The zero-order valence-corrected chi connectivity index (χ0v) is 10.2. The lowest BCUT2D eigenvalue weighted by Crippen LogP contribution is -2.07. The Hall–Kier alpha value is -0.760. The SMILES string of the molecule is Cc1cc2c(cc1C)C1=NC(C)SC1C2. The molecule has 1 aromatic rings. The normalized spacial score (nSPS) is 27.5. The number of fused-ring (bicyclic) bond motifs is 3. The van der Waals surface area contributed by atoms with Crippen LogP contribution in [0.2, 0.25) is 0 Å². The van der Waals surface area contributed by atoms with Crippen LogP contribution in [0.25, 0.3) is 0 Å². The van der Waals surface area contributed by atoms with Crippen molar-refractivity contribution in [3.8, 4) is 0 Å². The number of thioether (sulfide) groups is 1. The summed E-state index contributed by atoms with van der Waals surface area (Å²) in [6, 6.07) is 4.67. The van der Waals surface area contributed by atoms with E-state index in [1.54, 1.807) is 0 Å². The predicted molar refractivity (Wildman–Crippen MR) is 67.0 cm³/mol. The number of rotatable bonds is 0. The Labute approximate surface area is 95.0 Å². The van der Waals surface area contributed by atoms with Crippen molar-refractivity contribution < 1.29 is 0 Å². The van der Waals surface area contributed by atoms with Gasteiger partial charge in [0.1, 0.15) is 0 Å². The molecular formula is C13H15NS. The molecule has 1 aliphatic heterocycles. The van der Waals surface area contributed by atoms with E-state index < -0.39 is 0 Å². The average molecular weight is 217 g/mol. The van der Waals surface area contributed by atoms with Crippen LogP contribution in [0.15, 0.2) is 17.1 Å². The van der Waals surface area contributed by atoms with Gasteiger partial charge in [-0.1, -0.05) is 6.07 Å². The van der Waals surface area contributed by atoms with Gasteiger partial charge >= 0.3 is 0 Å². The number of hydrogen-bond acceptors (Lipinski definition) is 2. The lowest BCUT2D eigenvalue weighted by Gasteiger charge is -2.05. The maximum absolute atomic E-state index is 4.74. The maximum atomic E-state index is 4.74. The number of hydrogen-bond donors (Lipinski definition) is 0. The Morgan fingerprint density at radius 2 is 2.00 bits per heavy atom. The molecule has 0 aromatic heterocycles. The second-order valence-corrected chi connectivity index (χ2v) is 6.06. The summed E-state index contributed by atoms with van der Waals surface area (Å²) >= 11 is 2.00. The average Bonchev–Trinajstić information content (AvgIpc) is 2.64. The molecule has 2 atom stereocenters. The zero-order chi connectivity index (χ0) is 10.6. The number of benzene rings is 1. The van der Waals surface area contributed by atoms with Crippen molar-refractivity contribution in [2.75, 3.05) is 0 Å². The molecular weight excluding hydrogens is 202 g/mol. The van der Waals surface area contributed by atoms with Gasteiger partial charge in [-0.3, -0.25) is 4.99 Å². The minimum absolute atomic E-state index is 0.458. The van der Waals surface area contributed by atoms with Gasteiger partial charge in [0.05, 0.1) is 16.3 Å². The van der Waals surface area contributed by atoms with E-state index in [2.05, 4.69) is 32.9 Å². The molecule has 0 radical (unpaired) electrons. The van der Waals surface area contributed by atoms with E-state index in [1.807, 2.05) is 11.8 Å². The molecule has 0 spiro atoms. The van der Waals surface area contributed by atoms with Gasteiger partial charge in [-0.15, -0.1) is 11.8 Å². The summed E-state index contributed by atoms with van der Waals surface area (Å²) in [4.78, 5) is 4.74. The standard InChI is InChI=1S/C13H15NS/c1-7-4-10-6-12-13(14-9(3)15-12)11(10)5-8(7)2/h4-5,9,12H,6H2,1-3H3. The molecule has 1 heterocycles. The zero-order valence-electron chi connectivity index (χ0n) is 9.37. The summed E-state index contributed by atoms with van der Waals surface area (Å²) in [5.74, 6) is 0. The van der Waals surface area contributed by atoms with Gasteiger partial charge in [-0.2, -0.15) is 0 Å². The van der Waals surface area contributed by atoms with Crippen LogP contribution in [0.4, 0.5) is 0 Å². The summed E-state index contributed by atoms with van der Waals surface area (Å²) in [5.41, 5.74) is 7.07. The minimum Gasteiger partial charge on any atom is -0.274 e. The molecule has 1 nitrogen and oxygen atoms in total. The van der Waals surface area contributed by atoms with Crippen molar-refractivity contribution in [3.05, 3.63) is 34.4 Å². The molecule has 0 amide bonds. The summed E-state index contributed by atoms with van der Waals surface area (Å²) in [6.07, 6.45) is 1.18. The number of aliphatic imine (C=N–C) groups is 1. The van der Waals surface area contributed by atoms with Crippen LogP contribution in [0.3, 0.4) is 0 Å². The third-order valence-electron chi connectivity index (χ3n) is 3.39. The summed E-state index contributed by atoms with van der Waals surface area (Å²) < 4.78 is 0. The second kappa shape index (κ2) is 3.11. The Balaban J connectivity index is 2.15. The molecule has 0 bridgehead atoms. The van der Waals surface area contributed by atoms with Crippen LogP contribution >= 0.6 is 11.8 Å². The first-order valence-electron chi connectivity index (χ1n) is 5.49. The maximum Gasteiger partial charge on any atom is 0.0934 e. The summed E-state index contributed by atoms with van der Waals surface area (Å²) in [6.45, 7) is 6.58. The van der Waals surface area contributed by atoms with Gasteiger partial charge in [0.2, 0.25) is 0 Å². The Bertz CT molecular complexity index is 462. The van der Waals surface area contributed by atoms with Crippen LogP contribution in [0.5, 0.6) is 0 Å². The minimum atomic E-state index is 0.458. The van der Waals surface area contributed by atoms with Gasteiger partial charge in [-0.25, -0.2) is 0 Å². The Morgan fingerprint density at radius 1 is 1.27 bits per heavy atom. The van der Waals surface area contributed by atoms with Crippen molar-refractivity contribution in [2.24, 2.45) is 4.99 Å². The highest BCUT2D eigenvalue weighted by Crippen LogP contribution is 2.39. The molecule has 1 aromatic carbocycles. The van der Waals surface area contributed by atoms with Crippen molar-refractivity contribution in [3.63, 3.8) is 0 Å². The fourth-order valence-corrected chi connectivity index (χ4v) is 3.72. The Kier molecular flexibility index (Phi) is 1.96. The molecule has 1 aliphatic carbocycles. The van der Waals surface area contributed by atoms with Crippen molar-refractivity contribution in [1.29, 1.82) is 0 Å². The van der Waals surface area contributed by atoms with E-state index in [1.165, 1.54) is 34.4 Å². The highest BCUT2D eigenvalue weighted by Gasteiger charge is 2.34. The third-order valence-corrected chi connectivity index (χ3v) is 4.61. The molecule has 78 valence electrons. The first kappa shape index (κ1) is 9.46. The number of aryl methyl sites for hydroxylation is 2. The molecule has 2 heteroatoms. The molecule has 0 N–H and O–H groups in total. The molecule has 15 heavy (non-hydrogen) atoms. The van der Waals surface area contributed by atoms with Crippen LogP contribution in [0.1, 0.15) is 29.2 Å². The van der Waals surface area contributed by atoms with Gasteiger partial charge in [0, 0.05) is 5.56 Å². The highest BCUT2D eigenvalue weighted by molar-refractivity contribution is 8.01. The molecule has 3 rings (SSSR count). The first-order chi connectivity index (χ1) is 7.15. The lowest BCUT2D eigenvalue weighted by molar-refractivity contribution is 1.06. The van der Waals surface area contributed by atoms with E-state index >= 15 is 0 Å². The van der Waals surface area contributed by atoms with Crippen molar-refractivity contribution in [2.45, 2.75) is 37.8 Å². The van der Waals surface area contributed by atoms with Gasteiger partial charge in [-0.05, 0) is 49.9 Å². The van der Waals surface area contributed by atoms with Crippen LogP contribution in [-0.4, -0.2) is 16.3 Å². The lowest BCUT2D eigenvalue weighted by atomic mass is 10.0. The van der Waals surface area contributed by atoms with Crippen LogP contribution in [0, 0.1) is 13.8 Å². The first-order valence-corrected chi connectivity index (χ1v) is 6.43. The fourth-order valence-electron chi connectivity index (χ4n) is 2.48. The van der Waals surface area contributed by atoms with Crippen LogP contribution < -0.4 is 0 Å². The van der Waals surface area contributed by atoms with E-state index in [9.17, 15) is 0 Å². The quantitative estimate of drug-likeness (QED) is 0.650. The smallest absolute Gasteiger partial charge is 0.0934 e. The van der Waals surface area contributed by atoms with Gasteiger partial charge in [0.15, 0.2) is 0 Å². The van der Waals surface area contributed by atoms with E-state index in [-0.39, 0.29) is 0 Å². The monoisotopic (exact) mass is 217 g/mol. The Morgan fingerprint density at radius 3 is 2.80 bits per heavy atom. The highest BCUT2D eigenvalue weighted by atomic mass is 32.2. The summed E-state index contributed by atoms with van der Waals surface area (Å²) in [5, 5.41) is 1.09.